The molecule has 0 spiro atoms. The Morgan fingerprint density at radius 3 is 2.36 bits per heavy atom. The normalized spacial score (nSPS) is 11.8. The Bertz CT molecular complexity index is 922. The molecule has 0 aliphatic carbocycles. The largest absolute Gasteiger partial charge is 0.449 e. The fourth-order valence-corrected chi connectivity index (χ4v) is 2.38. The van der Waals surface area contributed by atoms with E-state index in [2.05, 4.69) is 5.32 Å². The summed E-state index contributed by atoms with van der Waals surface area (Å²) in [6.07, 6.45) is -0.982. The molecule has 0 heterocycles. The molecule has 126 valence electrons. The molecule has 1 N–H and O–H groups in total. The third kappa shape index (κ3) is 4.01. The molecule has 0 saturated heterocycles. The number of ether oxygens (including phenoxy) is 1. The highest BCUT2D eigenvalue weighted by molar-refractivity contribution is 5.98. The second kappa shape index (κ2) is 7.13. The maximum atomic E-state index is 12.9. The number of fused-ring (bicyclic) bond motifs is 1. The smallest absolute Gasteiger partial charge is 0.338 e. The average Bonchev–Trinajstić information content (AvgIpc) is 2.62. The van der Waals surface area contributed by atoms with E-state index in [0.29, 0.717) is 5.69 Å². The van der Waals surface area contributed by atoms with Crippen molar-refractivity contribution >= 4 is 28.3 Å². The van der Waals surface area contributed by atoms with Gasteiger partial charge in [0.05, 0.1) is 5.56 Å². The van der Waals surface area contributed by atoms with Gasteiger partial charge in [0, 0.05) is 5.69 Å². The standard InChI is InChI=1S/C20H16FNO3/c1-13(25-20(24)15-6-9-17(21)10-7-15)19(23)22-18-11-8-14-4-2-3-5-16(14)12-18/h2-13H,1H3,(H,22,23)/t13-/m0/s1. The summed E-state index contributed by atoms with van der Waals surface area (Å²) in [5.74, 6) is -1.56. The Kier molecular flexibility index (Phi) is 4.75. The second-order valence-corrected chi connectivity index (χ2v) is 5.61. The number of anilines is 1. The minimum atomic E-state index is -0.982. The number of esters is 1. The molecule has 25 heavy (non-hydrogen) atoms. The third-order valence-electron chi connectivity index (χ3n) is 3.75. The summed E-state index contributed by atoms with van der Waals surface area (Å²) in [4.78, 5) is 24.2. The van der Waals surface area contributed by atoms with Crippen molar-refractivity contribution in [3.8, 4) is 0 Å². The molecule has 3 aromatic rings. The number of hydrogen-bond acceptors (Lipinski definition) is 3. The zero-order valence-corrected chi connectivity index (χ0v) is 13.5. The molecule has 5 heteroatoms. The Balaban J connectivity index is 1.65. The number of rotatable bonds is 4. The molecule has 0 bridgehead atoms. The summed E-state index contributed by atoms with van der Waals surface area (Å²) in [5, 5.41) is 4.79. The lowest BCUT2D eigenvalue weighted by Gasteiger charge is -2.14. The van der Waals surface area contributed by atoms with Crippen LogP contribution in [0.4, 0.5) is 10.1 Å². The van der Waals surface area contributed by atoms with Crippen molar-refractivity contribution in [3.05, 3.63) is 78.1 Å². The van der Waals surface area contributed by atoms with Crippen molar-refractivity contribution in [2.75, 3.05) is 5.32 Å². The molecule has 1 atom stereocenters. The number of carbonyl (C=O) groups excluding carboxylic acids is 2. The van der Waals surface area contributed by atoms with Crippen LogP contribution in [-0.2, 0) is 9.53 Å². The molecule has 0 unspecified atom stereocenters. The summed E-state index contributed by atoms with van der Waals surface area (Å²) in [7, 11) is 0. The highest BCUT2D eigenvalue weighted by atomic mass is 19.1. The molecule has 0 aromatic heterocycles. The molecular weight excluding hydrogens is 321 g/mol. The highest BCUT2D eigenvalue weighted by Gasteiger charge is 2.19. The van der Waals surface area contributed by atoms with Crippen LogP contribution in [0.3, 0.4) is 0 Å². The number of carbonyl (C=O) groups is 2. The van der Waals surface area contributed by atoms with Gasteiger partial charge in [-0.2, -0.15) is 0 Å². The first-order valence-electron chi connectivity index (χ1n) is 7.79. The van der Waals surface area contributed by atoms with Crippen molar-refractivity contribution in [2.24, 2.45) is 0 Å². The lowest BCUT2D eigenvalue weighted by molar-refractivity contribution is -0.123. The van der Waals surface area contributed by atoms with Gasteiger partial charge in [0.1, 0.15) is 5.82 Å². The van der Waals surface area contributed by atoms with Gasteiger partial charge in [-0.3, -0.25) is 4.79 Å². The van der Waals surface area contributed by atoms with E-state index in [9.17, 15) is 14.0 Å². The fourth-order valence-electron chi connectivity index (χ4n) is 2.38. The Morgan fingerprint density at radius 1 is 0.960 bits per heavy atom. The van der Waals surface area contributed by atoms with Gasteiger partial charge in [-0.1, -0.05) is 30.3 Å². The quantitative estimate of drug-likeness (QED) is 0.727. The van der Waals surface area contributed by atoms with Crippen molar-refractivity contribution < 1.29 is 18.7 Å². The maximum Gasteiger partial charge on any atom is 0.338 e. The second-order valence-electron chi connectivity index (χ2n) is 5.61. The van der Waals surface area contributed by atoms with E-state index in [-0.39, 0.29) is 5.56 Å². The van der Waals surface area contributed by atoms with E-state index in [1.165, 1.54) is 19.1 Å². The van der Waals surface area contributed by atoms with Gasteiger partial charge in [0.2, 0.25) is 0 Å². The van der Waals surface area contributed by atoms with Gasteiger partial charge in [-0.15, -0.1) is 0 Å². The van der Waals surface area contributed by atoms with Gasteiger partial charge in [0.15, 0.2) is 6.10 Å². The van der Waals surface area contributed by atoms with Crippen LogP contribution >= 0.6 is 0 Å². The van der Waals surface area contributed by atoms with Crippen LogP contribution in [0.15, 0.2) is 66.7 Å². The molecular formula is C20H16FNO3. The lowest BCUT2D eigenvalue weighted by Crippen LogP contribution is -2.30. The van der Waals surface area contributed by atoms with Crippen molar-refractivity contribution in [1.82, 2.24) is 0 Å². The first kappa shape index (κ1) is 16.6. The van der Waals surface area contributed by atoms with Crippen molar-refractivity contribution in [1.29, 1.82) is 0 Å². The number of benzene rings is 3. The summed E-state index contributed by atoms with van der Waals surface area (Å²) >= 11 is 0. The minimum absolute atomic E-state index is 0.187. The number of halogens is 1. The zero-order chi connectivity index (χ0) is 17.8. The fraction of sp³-hybridized carbons (Fsp3) is 0.100. The van der Waals surface area contributed by atoms with E-state index in [4.69, 9.17) is 4.74 Å². The van der Waals surface area contributed by atoms with Gasteiger partial charge in [-0.25, -0.2) is 9.18 Å². The average molecular weight is 337 g/mol. The summed E-state index contributed by atoms with van der Waals surface area (Å²) in [6.45, 7) is 1.48. The lowest BCUT2D eigenvalue weighted by atomic mass is 10.1. The molecule has 1 amide bonds. The molecule has 0 aliphatic heterocycles. The van der Waals surface area contributed by atoms with Gasteiger partial charge in [-0.05, 0) is 54.1 Å². The predicted octanol–water partition coefficient (Wildman–Crippen LogP) is 4.16. The molecule has 0 aliphatic rings. The summed E-state index contributed by atoms with van der Waals surface area (Å²) in [6, 6.07) is 18.3. The van der Waals surface area contributed by atoms with Crippen LogP contribution in [0, 0.1) is 5.82 Å². The number of amides is 1. The van der Waals surface area contributed by atoms with E-state index < -0.39 is 23.8 Å². The third-order valence-corrected chi connectivity index (χ3v) is 3.75. The first-order valence-corrected chi connectivity index (χ1v) is 7.79. The SMILES string of the molecule is C[C@H](OC(=O)c1ccc(F)cc1)C(=O)Nc1ccc2ccccc2c1. The molecule has 3 aromatic carbocycles. The van der Waals surface area contributed by atoms with E-state index in [1.807, 2.05) is 36.4 Å². The van der Waals surface area contributed by atoms with Gasteiger partial charge in [0.25, 0.3) is 5.91 Å². The maximum absolute atomic E-state index is 12.9. The van der Waals surface area contributed by atoms with Crippen molar-refractivity contribution in [3.63, 3.8) is 0 Å². The van der Waals surface area contributed by atoms with Crippen LogP contribution < -0.4 is 5.32 Å². The minimum Gasteiger partial charge on any atom is -0.449 e. The van der Waals surface area contributed by atoms with Gasteiger partial charge >= 0.3 is 5.97 Å². The van der Waals surface area contributed by atoms with E-state index in [0.717, 1.165) is 22.9 Å². The molecule has 0 fully saturated rings. The van der Waals surface area contributed by atoms with Crippen LogP contribution in [0.1, 0.15) is 17.3 Å². The monoisotopic (exact) mass is 337 g/mol. The highest BCUT2D eigenvalue weighted by Crippen LogP contribution is 2.19. The Morgan fingerprint density at radius 2 is 1.64 bits per heavy atom. The van der Waals surface area contributed by atoms with Crippen LogP contribution in [0.25, 0.3) is 10.8 Å². The topological polar surface area (TPSA) is 55.4 Å². The molecule has 0 radical (unpaired) electrons. The Hall–Kier alpha value is -3.21. The number of nitrogens with one attached hydrogen (secondary N) is 1. The predicted molar refractivity (Wildman–Crippen MR) is 93.9 cm³/mol. The van der Waals surface area contributed by atoms with Crippen LogP contribution in [0.2, 0.25) is 0 Å². The molecule has 0 saturated carbocycles. The first-order chi connectivity index (χ1) is 12.0. The van der Waals surface area contributed by atoms with Crippen LogP contribution in [-0.4, -0.2) is 18.0 Å². The van der Waals surface area contributed by atoms with E-state index >= 15 is 0 Å². The Labute approximate surface area is 144 Å². The van der Waals surface area contributed by atoms with Crippen molar-refractivity contribution in [2.45, 2.75) is 13.0 Å². The number of hydrogen-bond donors (Lipinski definition) is 1. The van der Waals surface area contributed by atoms with Gasteiger partial charge < -0.3 is 10.1 Å². The van der Waals surface area contributed by atoms with E-state index in [1.54, 1.807) is 6.07 Å². The summed E-state index contributed by atoms with van der Waals surface area (Å²) in [5.41, 5.74) is 0.806. The van der Waals surface area contributed by atoms with Crippen LogP contribution in [0.5, 0.6) is 0 Å². The zero-order valence-electron chi connectivity index (χ0n) is 13.5. The molecule has 4 nitrogen and oxygen atoms in total. The molecule has 3 rings (SSSR count). The summed E-state index contributed by atoms with van der Waals surface area (Å²) < 4.78 is 18.0.